The number of hydrogen-bond donors (Lipinski definition) is 2. The molecule has 1 aliphatic carbocycles. The predicted molar refractivity (Wildman–Crippen MR) is 72.5 cm³/mol. The van der Waals surface area contributed by atoms with Gasteiger partial charge >= 0.3 is 0 Å². The molecule has 0 heterocycles. The van der Waals surface area contributed by atoms with Crippen LogP contribution in [-0.2, 0) is 15.1 Å². The summed E-state index contributed by atoms with van der Waals surface area (Å²) in [5.74, 6) is -1.38. The fraction of sp³-hybridized carbons (Fsp3) is 0.533. The zero-order chi connectivity index (χ0) is 15.5. The molecule has 1 atom stereocenters. The molecule has 0 spiro atoms. The molecule has 6 heteroatoms. The van der Waals surface area contributed by atoms with Gasteiger partial charge in [-0.3, -0.25) is 4.79 Å². The molecule has 2 N–H and O–H groups in total. The van der Waals surface area contributed by atoms with Crippen LogP contribution in [0.3, 0.4) is 0 Å². The van der Waals surface area contributed by atoms with Gasteiger partial charge in [0.15, 0.2) is 0 Å². The van der Waals surface area contributed by atoms with Crippen molar-refractivity contribution in [3.8, 4) is 0 Å². The number of amides is 1. The highest BCUT2D eigenvalue weighted by Crippen LogP contribution is 2.28. The van der Waals surface area contributed by atoms with Crippen LogP contribution in [0, 0.1) is 17.6 Å². The fourth-order valence-corrected chi connectivity index (χ4v) is 1.95. The monoisotopic (exact) mass is 299 g/mol. The largest absolute Gasteiger partial charge is 0.383 e. The number of ether oxygens (including phenoxy) is 1. The Morgan fingerprint density at radius 3 is 2.81 bits per heavy atom. The third-order valence-corrected chi connectivity index (χ3v) is 3.42. The Bertz CT molecular complexity index is 516. The van der Waals surface area contributed by atoms with Crippen molar-refractivity contribution in [1.82, 2.24) is 5.32 Å². The summed E-state index contributed by atoms with van der Waals surface area (Å²) in [5.41, 5.74) is -1.69. The molecule has 1 fully saturated rings. The van der Waals surface area contributed by atoms with E-state index in [-0.39, 0.29) is 24.6 Å². The van der Waals surface area contributed by atoms with Gasteiger partial charge in [0.25, 0.3) is 0 Å². The quantitative estimate of drug-likeness (QED) is 0.806. The van der Waals surface area contributed by atoms with Gasteiger partial charge in [-0.15, -0.1) is 0 Å². The number of halogens is 2. The Morgan fingerprint density at radius 1 is 1.48 bits per heavy atom. The Hall–Kier alpha value is -1.53. The maximum atomic E-state index is 13.6. The van der Waals surface area contributed by atoms with Crippen LogP contribution < -0.4 is 5.32 Å². The van der Waals surface area contributed by atoms with Crippen LogP contribution in [0.5, 0.6) is 0 Å². The maximum Gasteiger partial charge on any atom is 0.246 e. The van der Waals surface area contributed by atoms with Gasteiger partial charge in [-0.05, 0) is 31.7 Å². The van der Waals surface area contributed by atoms with Crippen molar-refractivity contribution in [2.24, 2.45) is 5.92 Å². The van der Waals surface area contributed by atoms with E-state index >= 15 is 0 Å². The minimum atomic E-state index is -1.62. The Balaban J connectivity index is 1.83. The van der Waals surface area contributed by atoms with Crippen LogP contribution in [0.1, 0.15) is 25.3 Å². The fourth-order valence-electron chi connectivity index (χ4n) is 1.95. The van der Waals surface area contributed by atoms with Crippen LogP contribution in [0.4, 0.5) is 8.78 Å². The van der Waals surface area contributed by atoms with Gasteiger partial charge in [-0.25, -0.2) is 8.78 Å². The molecule has 0 bridgehead atoms. The lowest BCUT2D eigenvalue weighted by Gasteiger charge is -2.24. The van der Waals surface area contributed by atoms with E-state index in [1.54, 1.807) is 0 Å². The molecule has 1 saturated carbocycles. The minimum absolute atomic E-state index is 0.0666. The van der Waals surface area contributed by atoms with Crippen LogP contribution in [-0.4, -0.2) is 30.8 Å². The van der Waals surface area contributed by atoms with Gasteiger partial charge in [0.2, 0.25) is 5.91 Å². The minimum Gasteiger partial charge on any atom is -0.383 e. The van der Waals surface area contributed by atoms with Crippen molar-refractivity contribution < 1.29 is 23.4 Å². The van der Waals surface area contributed by atoms with Crippen LogP contribution in [0.2, 0.25) is 0 Å². The van der Waals surface area contributed by atoms with Gasteiger partial charge in [0.1, 0.15) is 23.8 Å². The summed E-state index contributed by atoms with van der Waals surface area (Å²) in [6.07, 6.45) is 2.28. The number of hydrogen-bond acceptors (Lipinski definition) is 3. The van der Waals surface area contributed by atoms with E-state index in [0.717, 1.165) is 18.9 Å². The van der Waals surface area contributed by atoms with E-state index in [2.05, 4.69) is 5.32 Å². The Morgan fingerprint density at radius 2 is 2.19 bits per heavy atom. The van der Waals surface area contributed by atoms with Crippen molar-refractivity contribution in [2.75, 3.05) is 19.8 Å². The second-order valence-electron chi connectivity index (χ2n) is 5.63. The maximum absolute atomic E-state index is 13.6. The van der Waals surface area contributed by atoms with Gasteiger partial charge in [-0.2, -0.15) is 0 Å². The molecule has 2 rings (SSSR count). The standard InChI is InChI=1S/C15H19F2NO3/c1-15(20,12-5-4-11(16)6-13(12)17)9-18-14(19)8-21-7-10-2-3-10/h4-6,10,20H,2-3,7-9H2,1H3,(H,18,19). The normalized spacial score (nSPS) is 17.3. The van der Waals surface area contributed by atoms with E-state index in [4.69, 9.17) is 4.74 Å². The summed E-state index contributed by atoms with van der Waals surface area (Å²) in [6.45, 7) is 1.66. The second-order valence-corrected chi connectivity index (χ2v) is 5.63. The summed E-state index contributed by atoms with van der Waals surface area (Å²) >= 11 is 0. The zero-order valence-electron chi connectivity index (χ0n) is 11.9. The molecule has 1 aromatic rings. The van der Waals surface area contributed by atoms with Crippen molar-refractivity contribution in [3.05, 3.63) is 35.4 Å². The van der Waals surface area contributed by atoms with Crippen molar-refractivity contribution in [3.63, 3.8) is 0 Å². The molecule has 4 nitrogen and oxygen atoms in total. The summed E-state index contributed by atoms with van der Waals surface area (Å²) in [6, 6.07) is 2.93. The Kier molecular flexibility index (Phi) is 4.90. The summed E-state index contributed by atoms with van der Waals surface area (Å²) in [5, 5.41) is 12.7. The number of benzene rings is 1. The molecule has 21 heavy (non-hydrogen) atoms. The number of nitrogens with one attached hydrogen (secondary N) is 1. The van der Waals surface area contributed by atoms with E-state index in [1.807, 2.05) is 0 Å². The number of carbonyl (C=O) groups excluding carboxylic acids is 1. The molecule has 0 saturated heterocycles. The highest BCUT2D eigenvalue weighted by atomic mass is 19.1. The summed E-state index contributed by atoms with van der Waals surface area (Å²) in [4.78, 5) is 11.6. The topological polar surface area (TPSA) is 58.6 Å². The van der Waals surface area contributed by atoms with Gasteiger partial charge in [0.05, 0.1) is 13.2 Å². The molecule has 1 unspecified atom stereocenters. The third-order valence-electron chi connectivity index (χ3n) is 3.42. The molecule has 1 aliphatic rings. The van der Waals surface area contributed by atoms with Crippen LogP contribution >= 0.6 is 0 Å². The van der Waals surface area contributed by atoms with Gasteiger partial charge < -0.3 is 15.2 Å². The van der Waals surface area contributed by atoms with Crippen LogP contribution in [0.25, 0.3) is 0 Å². The summed E-state index contributed by atoms with van der Waals surface area (Å²) in [7, 11) is 0. The highest BCUT2D eigenvalue weighted by molar-refractivity contribution is 5.77. The number of rotatable bonds is 7. The van der Waals surface area contributed by atoms with Crippen molar-refractivity contribution in [1.29, 1.82) is 0 Å². The van der Waals surface area contributed by atoms with E-state index < -0.39 is 17.2 Å². The molecule has 1 amide bonds. The zero-order valence-corrected chi connectivity index (χ0v) is 11.9. The molecule has 116 valence electrons. The molecule has 0 aliphatic heterocycles. The molecular weight excluding hydrogens is 280 g/mol. The molecule has 0 aromatic heterocycles. The lowest BCUT2D eigenvalue weighted by Crippen LogP contribution is -2.40. The first-order valence-electron chi connectivity index (χ1n) is 6.91. The van der Waals surface area contributed by atoms with E-state index in [9.17, 15) is 18.7 Å². The van der Waals surface area contributed by atoms with Crippen LogP contribution in [0.15, 0.2) is 18.2 Å². The lowest BCUT2D eigenvalue weighted by molar-refractivity contribution is -0.127. The first-order chi connectivity index (χ1) is 9.88. The smallest absolute Gasteiger partial charge is 0.246 e. The second kappa shape index (κ2) is 6.49. The predicted octanol–water partition coefficient (Wildman–Crippen LogP) is 1.72. The van der Waals surface area contributed by atoms with E-state index in [0.29, 0.717) is 18.6 Å². The highest BCUT2D eigenvalue weighted by Gasteiger charge is 2.27. The van der Waals surface area contributed by atoms with Gasteiger partial charge in [-0.1, -0.05) is 6.07 Å². The first kappa shape index (κ1) is 15.9. The van der Waals surface area contributed by atoms with Crippen molar-refractivity contribution in [2.45, 2.75) is 25.4 Å². The first-order valence-corrected chi connectivity index (χ1v) is 6.91. The molecule has 1 aromatic carbocycles. The van der Waals surface area contributed by atoms with Gasteiger partial charge in [0, 0.05) is 11.6 Å². The number of aliphatic hydroxyl groups is 1. The summed E-state index contributed by atoms with van der Waals surface area (Å²) < 4.78 is 31.7. The number of carbonyl (C=O) groups is 1. The molecular formula is C15H19F2NO3. The SMILES string of the molecule is CC(O)(CNC(=O)COCC1CC1)c1ccc(F)cc1F. The average Bonchev–Trinajstić information content (AvgIpc) is 3.20. The average molecular weight is 299 g/mol. The Labute approximate surface area is 122 Å². The molecule has 0 radical (unpaired) electrons. The van der Waals surface area contributed by atoms with Crippen molar-refractivity contribution >= 4 is 5.91 Å². The van der Waals surface area contributed by atoms with E-state index in [1.165, 1.54) is 13.0 Å². The lowest BCUT2D eigenvalue weighted by atomic mass is 9.95. The third kappa shape index (κ3) is 4.75.